The molecule has 30 heavy (non-hydrogen) atoms. The highest BCUT2D eigenvalue weighted by atomic mass is 35.5. The van der Waals surface area contributed by atoms with Crippen LogP contribution in [0.4, 0.5) is 0 Å². The molecular weight excluding hydrogens is 404 g/mol. The van der Waals surface area contributed by atoms with Gasteiger partial charge >= 0.3 is 0 Å². The summed E-state index contributed by atoms with van der Waals surface area (Å²) in [5, 5.41) is 14.9. The molecule has 2 atom stereocenters. The van der Waals surface area contributed by atoms with E-state index in [0.717, 1.165) is 5.56 Å². The Kier molecular flexibility index (Phi) is 7.94. The van der Waals surface area contributed by atoms with Crippen LogP contribution in [0.3, 0.4) is 0 Å². The summed E-state index contributed by atoms with van der Waals surface area (Å²) in [5.41, 5.74) is -0.861. The molecule has 0 radical (unpaired) electrons. The standard InChI is InChI=1S/C23H35ClN2O4/c1-15(2)20(25-19(27)13-30-16(3)4)21(28)26-12-11-23(29,22(5,6)14-26)17-7-9-18(24)10-8-17/h7-10,15-16,20,29H,11-14H2,1-6H3,(H,25,27)/t20-,23+/m1/s1. The molecule has 0 saturated carbocycles. The lowest BCUT2D eigenvalue weighted by Crippen LogP contribution is -2.60. The molecule has 1 aromatic rings. The largest absolute Gasteiger partial charge is 0.384 e. The van der Waals surface area contributed by atoms with Gasteiger partial charge in [-0.15, -0.1) is 0 Å². The zero-order chi connectivity index (χ0) is 22.7. The van der Waals surface area contributed by atoms with E-state index >= 15 is 0 Å². The number of hydrogen-bond acceptors (Lipinski definition) is 4. The number of piperidine rings is 1. The molecule has 1 fully saturated rings. The van der Waals surface area contributed by atoms with Crippen LogP contribution in [0.5, 0.6) is 0 Å². The summed E-state index contributed by atoms with van der Waals surface area (Å²) < 4.78 is 5.35. The smallest absolute Gasteiger partial charge is 0.246 e. The molecule has 2 rings (SSSR count). The quantitative estimate of drug-likeness (QED) is 0.684. The molecule has 1 aromatic carbocycles. The number of benzene rings is 1. The van der Waals surface area contributed by atoms with E-state index in [0.29, 0.717) is 24.5 Å². The number of ether oxygens (including phenoxy) is 1. The van der Waals surface area contributed by atoms with Crippen LogP contribution >= 0.6 is 11.6 Å². The number of carbonyl (C=O) groups is 2. The molecule has 2 N–H and O–H groups in total. The molecule has 6 nitrogen and oxygen atoms in total. The number of nitrogens with zero attached hydrogens (tertiary/aromatic N) is 1. The summed E-state index contributed by atoms with van der Waals surface area (Å²) in [4.78, 5) is 27.2. The normalized spacial score (nSPS) is 22.3. The van der Waals surface area contributed by atoms with Crippen LogP contribution in [-0.4, -0.2) is 53.7 Å². The second kappa shape index (κ2) is 9.67. The first-order valence-electron chi connectivity index (χ1n) is 10.6. The van der Waals surface area contributed by atoms with Crippen molar-refractivity contribution >= 4 is 23.4 Å². The van der Waals surface area contributed by atoms with Gasteiger partial charge in [0.15, 0.2) is 0 Å². The number of rotatable bonds is 7. The summed E-state index contributed by atoms with van der Waals surface area (Å²) in [7, 11) is 0. The third kappa shape index (κ3) is 5.54. The lowest BCUT2D eigenvalue weighted by molar-refractivity contribution is -0.157. The van der Waals surface area contributed by atoms with Crippen LogP contribution in [0.15, 0.2) is 24.3 Å². The summed E-state index contributed by atoms with van der Waals surface area (Å²) in [5.74, 6) is -0.500. The highest BCUT2D eigenvalue weighted by Gasteiger charge is 2.50. The number of halogens is 1. The number of hydrogen-bond donors (Lipinski definition) is 2. The molecule has 2 amide bonds. The Morgan fingerprint density at radius 1 is 1.20 bits per heavy atom. The van der Waals surface area contributed by atoms with E-state index < -0.39 is 17.1 Å². The van der Waals surface area contributed by atoms with Gasteiger partial charge in [0.25, 0.3) is 0 Å². The average molecular weight is 439 g/mol. The highest BCUT2D eigenvalue weighted by Crippen LogP contribution is 2.46. The third-order valence-corrected chi connectivity index (χ3v) is 6.13. The van der Waals surface area contributed by atoms with Gasteiger partial charge in [0.2, 0.25) is 11.8 Å². The van der Waals surface area contributed by atoms with Gasteiger partial charge in [-0.3, -0.25) is 9.59 Å². The van der Waals surface area contributed by atoms with Crippen LogP contribution < -0.4 is 5.32 Å². The van der Waals surface area contributed by atoms with E-state index in [2.05, 4.69) is 5.32 Å². The van der Waals surface area contributed by atoms with Crippen molar-refractivity contribution in [3.63, 3.8) is 0 Å². The van der Waals surface area contributed by atoms with Gasteiger partial charge in [0.05, 0.1) is 11.7 Å². The molecule has 0 aromatic heterocycles. The van der Waals surface area contributed by atoms with Crippen molar-refractivity contribution in [2.75, 3.05) is 19.7 Å². The Bertz CT molecular complexity index is 748. The number of nitrogens with one attached hydrogen (secondary N) is 1. The van der Waals surface area contributed by atoms with Crippen molar-refractivity contribution in [2.24, 2.45) is 11.3 Å². The van der Waals surface area contributed by atoms with Crippen molar-refractivity contribution in [3.05, 3.63) is 34.9 Å². The molecule has 0 aliphatic carbocycles. The summed E-state index contributed by atoms with van der Waals surface area (Å²) in [6, 6.07) is 6.59. The van der Waals surface area contributed by atoms with E-state index in [1.54, 1.807) is 17.0 Å². The molecule has 7 heteroatoms. The number of likely N-dealkylation sites (tertiary alicyclic amines) is 1. The summed E-state index contributed by atoms with van der Waals surface area (Å²) in [6.45, 7) is 12.2. The minimum Gasteiger partial charge on any atom is -0.384 e. The molecule has 1 heterocycles. The first-order chi connectivity index (χ1) is 13.9. The van der Waals surface area contributed by atoms with Gasteiger partial charge in [-0.2, -0.15) is 0 Å². The maximum Gasteiger partial charge on any atom is 0.246 e. The maximum absolute atomic E-state index is 13.3. The monoisotopic (exact) mass is 438 g/mol. The second-order valence-corrected chi connectivity index (χ2v) is 9.85. The van der Waals surface area contributed by atoms with E-state index in [1.807, 2.05) is 53.7 Å². The summed E-state index contributed by atoms with van der Waals surface area (Å²) >= 11 is 6.00. The molecular formula is C23H35ClN2O4. The van der Waals surface area contributed by atoms with Crippen molar-refractivity contribution in [3.8, 4) is 0 Å². The highest BCUT2D eigenvalue weighted by molar-refractivity contribution is 6.30. The predicted octanol–water partition coefficient (Wildman–Crippen LogP) is 3.35. The number of carbonyl (C=O) groups excluding carboxylic acids is 2. The van der Waals surface area contributed by atoms with Crippen LogP contribution in [0.25, 0.3) is 0 Å². The average Bonchev–Trinajstić information content (AvgIpc) is 2.66. The van der Waals surface area contributed by atoms with E-state index in [-0.39, 0.29) is 30.4 Å². The Balaban J connectivity index is 2.13. The van der Waals surface area contributed by atoms with Gasteiger partial charge in [0.1, 0.15) is 12.6 Å². The van der Waals surface area contributed by atoms with Gasteiger partial charge in [-0.05, 0) is 43.9 Å². The lowest BCUT2D eigenvalue weighted by Gasteiger charge is -2.51. The fraction of sp³-hybridized carbons (Fsp3) is 0.652. The molecule has 1 saturated heterocycles. The first-order valence-corrected chi connectivity index (χ1v) is 10.9. The molecule has 168 valence electrons. The lowest BCUT2D eigenvalue weighted by atomic mass is 9.66. The number of amides is 2. The van der Waals surface area contributed by atoms with E-state index in [1.165, 1.54) is 0 Å². The minimum absolute atomic E-state index is 0.0580. The fourth-order valence-electron chi connectivity index (χ4n) is 3.94. The third-order valence-electron chi connectivity index (χ3n) is 5.88. The van der Waals surface area contributed by atoms with Crippen LogP contribution in [0, 0.1) is 11.3 Å². The molecule has 1 aliphatic rings. The van der Waals surface area contributed by atoms with Gasteiger partial charge in [0, 0.05) is 23.5 Å². The van der Waals surface area contributed by atoms with Gasteiger partial charge in [-0.1, -0.05) is 51.4 Å². The van der Waals surface area contributed by atoms with Crippen LogP contribution in [-0.2, 0) is 19.9 Å². The summed E-state index contributed by atoms with van der Waals surface area (Å²) in [6.07, 6.45) is 0.347. The van der Waals surface area contributed by atoms with Crippen molar-refractivity contribution in [2.45, 2.75) is 65.7 Å². The van der Waals surface area contributed by atoms with Crippen molar-refractivity contribution in [1.82, 2.24) is 10.2 Å². The van der Waals surface area contributed by atoms with Crippen molar-refractivity contribution in [1.29, 1.82) is 0 Å². The van der Waals surface area contributed by atoms with E-state index in [4.69, 9.17) is 16.3 Å². The van der Waals surface area contributed by atoms with E-state index in [9.17, 15) is 14.7 Å². The van der Waals surface area contributed by atoms with Crippen molar-refractivity contribution < 1.29 is 19.4 Å². The first kappa shape index (κ1) is 24.6. The fourth-order valence-corrected chi connectivity index (χ4v) is 4.06. The number of aliphatic hydroxyl groups is 1. The predicted molar refractivity (Wildman–Crippen MR) is 118 cm³/mol. The Morgan fingerprint density at radius 2 is 1.80 bits per heavy atom. The Labute approximate surface area is 184 Å². The molecule has 0 spiro atoms. The molecule has 1 aliphatic heterocycles. The topological polar surface area (TPSA) is 78.9 Å². The molecule has 0 bridgehead atoms. The zero-order valence-electron chi connectivity index (χ0n) is 18.9. The second-order valence-electron chi connectivity index (χ2n) is 9.41. The van der Waals surface area contributed by atoms with Gasteiger partial charge < -0.3 is 20.1 Å². The van der Waals surface area contributed by atoms with Crippen LogP contribution in [0.2, 0.25) is 5.02 Å². The Hall–Kier alpha value is -1.63. The van der Waals surface area contributed by atoms with Gasteiger partial charge in [-0.25, -0.2) is 0 Å². The maximum atomic E-state index is 13.3. The Morgan fingerprint density at radius 3 is 2.30 bits per heavy atom. The SMILES string of the molecule is CC(C)OCC(=O)N[C@@H](C(=O)N1CC[C@](O)(c2ccc(Cl)cc2)C(C)(C)C1)C(C)C. The van der Waals surface area contributed by atoms with Crippen LogP contribution in [0.1, 0.15) is 53.5 Å². The minimum atomic E-state index is -1.07. The zero-order valence-corrected chi connectivity index (χ0v) is 19.6. The molecule has 0 unspecified atom stereocenters.